The quantitative estimate of drug-likeness (QED) is 0.391. The number of aromatic nitrogens is 5. The average molecular weight is 494 g/mol. The number of imidazole rings is 1. The number of benzene rings is 1. The van der Waals surface area contributed by atoms with Gasteiger partial charge in [-0.2, -0.15) is 0 Å². The molecule has 0 atom stereocenters. The molecular weight excluding hydrogens is 464 g/mol. The van der Waals surface area contributed by atoms with Crippen LogP contribution in [-0.4, -0.2) is 54.2 Å². The Morgan fingerprint density at radius 2 is 1.94 bits per heavy atom. The van der Waals surface area contributed by atoms with E-state index in [9.17, 15) is 8.78 Å². The van der Waals surface area contributed by atoms with Crippen molar-refractivity contribution >= 4 is 22.8 Å². The van der Waals surface area contributed by atoms with Crippen LogP contribution in [0.5, 0.6) is 0 Å². The number of anilines is 2. The Labute approximate surface area is 208 Å². The summed E-state index contributed by atoms with van der Waals surface area (Å²) in [6.07, 6.45) is 2.63. The summed E-state index contributed by atoms with van der Waals surface area (Å²) < 4.78 is 31.7. The van der Waals surface area contributed by atoms with Crippen molar-refractivity contribution in [2.75, 3.05) is 25.0 Å². The molecule has 1 aliphatic heterocycles. The Morgan fingerprint density at radius 1 is 1.11 bits per heavy atom. The number of fused-ring (bicyclic) bond motifs is 2. The Balaban J connectivity index is 1.43. The maximum absolute atomic E-state index is 14.9. The second-order valence-electron chi connectivity index (χ2n) is 9.37. The van der Waals surface area contributed by atoms with Crippen molar-refractivity contribution < 1.29 is 13.9 Å². The molecule has 1 aromatic carbocycles. The second-order valence-corrected chi connectivity index (χ2v) is 9.37. The van der Waals surface area contributed by atoms with E-state index in [0.717, 1.165) is 49.9 Å². The van der Waals surface area contributed by atoms with Crippen LogP contribution in [0, 0.1) is 18.6 Å². The normalized spacial score (nSPS) is 14.0. The second kappa shape index (κ2) is 9.87. The van der Waals surface area contributed by atoms with Crippen LogP contribution in [0.25, 0.3) is 22.3 Å². The van der Waals surface area contributed by atoms with Gasteiger partial charge >= 0.3 is 0 Å². The van der Waals surface area contributed by atoms with Gasteiger partial charge in [0.2, 0.25) is 5.95 Å². The molecule has 188 valence electrons. The van der Waals surface area contributed by atoms with Gasteiger partial charge in [-0.15, -0.1) is 0 Å². The molecule has 4 heterocycles. The fourth-order valence-corrected chi connectivity index (χ4v) is 4.83. The first-order valence-corrected chi connectivity index (χ1v) is 12.1. The van der Waals surface area contributed by atoms with Crippen molar-refractivity contribution in [3.8, 4) is 11.3 Å². The molecule has 0 bridgehead atoms. The molecule has 5 rings (SSSR count). The lowest BCUT2D eigenvalue weighted by Gasteiger charge is -2.28. The highest BCUT2D eigenvalue weighted by atomic mass is 19.1. The number of halogens is 2. The number of aliphatic hydroxyl groups is 1. The summed E-state index contributed by atoms with van der Waals surface area (Å²) in [6, 6.07) is 6.89. The van der Waals surface area contributed by atoms with Crippen LogP contribution in [0.1, 0.15) is 43.4 Å². The summed E-state index contributed by atoms with van der Waals surface area (Å²) in [7, 11) is 0. The van der Waals surface area contributed by atoms with E-state index in [4.69, 9.17) is 10.1 Å². The van der Waals surface area contributed by atoms with Crippen molar-refractivity contribution in [1.82, 2.24) is 29.4 Å². The summed E-state index contributed by atoms with van der Waals surface area (Å²) in [5, 5.41) is 12.1. The van der Waals surface area contributed by atoms with Crippen LogP contribution in [0.4, 0.5) is 20.5 Å². The van der Waals surface area contributed by atoms with E-state index in [1.165, 1.54) is 6.07 Å². The van der Waals surface area contributed by atoms with Gasteiger partial charge in [0, 0.05) is 50.0 Å². The van der Waals surface area contributed by atoms with E-state index < -0.39 is 11.6 Å². The van der Waals surface area contributed by atoms with E-state index in [1.54, 1.807) is 6.07 Å². The van der Waals surface area contributed by atoms with Crippen LogP contribution in [0.3, 0.4) is 0 Å². The summed E-state index contributed by atoms with van der Waals surface area (Å²) in [5.41, 5.74) is 3.30. The van der Waals surface area contributed by atoms with Gasteiger partial charge in [-0.1, -0.05) is 6.07 Å². The minimum Gasteiger partial charge on any atom is -0.396 e. The summed E-state index contributed by atoms with van der Waals surface area (Å²) in [4.78, 5) is 19.8. The standard InChI is InChI=1S/C26H29F2N7O/c1-15(2)35-16(3)30-25-19(27)11-18(12-22(25)35)24-20(28)13-29-26(33-24)32-23-6-5-17-14-34(8-4-10-36)9-7-21(17)31-23/h5-6,11-13,15,36H,4,7-10,14H2,1-3H3,(H,29,31,32,33). The number of rotatable bonds is 7. The number of pyridine rings is 1. The van der Waals surface area contributed by atoms with Gasteiger partial charge < -0.3 is 15.0 Å². The van der Waals surface area contributed by atoms with Crippen molar-refractivity contribution in [2.24, 2.45) is 0 Å². The third-order valence-electron chi connectivity index (χ3n) is 6.46. The molecule has 36 heavy (non-hydrogen) atoms. The lowest BCUT2D eigenvalue weighted by molar-refractivity contribution is 0.211. The molecule has 0 saturated heterocycles. The first-order valence-electron chi connectivity index (χ1n) is 12.1. The van der Waals surface area contributed by atoms with E-state index in [1.807, 2.05) is 37.5 Å². The first kappa shape index (κ1) is 24.2. The molecule has 0 spiro atoms. The van der Waals surface area contributed by atoms with Gasteiger partial charge in [0.25, 0.3) is 0 Å². The molecule has 4 aromatic rings. The molecule has 0 aliphatic carbocycles. The van der Waals surface area contributed by atoms with Gasteiger partial charge in [-0.3, -0.25) is 4.90 Å². The predicted molar refractivity (Wildman–Crippen MR) is 134 cm³/mol. The van der Waals surface area contributed by atoms with Gasteiger partial charge in [-0.05, 0) is 51.0 Å². The Morgan fingerprint density at radius 3 is 2.72 bits per heavy atom. The van der Waals surface area contributed by atoms with Crippen LogP contribution in [0.2, 0.25) is 0 Å². The van der Waals surface area contributed by atoms with Crippen molar-refractivity contribution in [3.05, 3.63) is 59.2 Å². The fraction of sp³-hybridized carbons (Fsp3) is 0.385. The monoisotopic (exact) mass is 493 g/mol. The number of hydrogen-bond donors (Lipinski definition) is 2. The lowest BCUT2D eigenvalue weighted by Crippen LogP contribution is -2.32. The third kappa shape index (κ3) is 4.66. The van der Waals surface area contributed by atoms with E-state index in [2.05, 4.69) is 25.2 Å². The van der Waals surface area contributed by atoms with Gasteiger partial charge in [0.15, 0.2) is 11.6 Å². The SMILES string of the molecule is Cc1nc2c(F)cc(-c3nc(Nc4ccc5c(n4)CCN(CCCO)C5)ncc3F)cc2n1C(C)C. The molecule has 0 fully saturated rings. The van der Waals surface area contributed by atoms with E-state index >= 15 is 0 Å². The number of nitrogens with zero attached hydrogens (tertiary/aromatic N) is 6. The van der Waals surface area contributed by atoms with Gasteiger partial charge in [0.1, 0.15) is 22.9 Å². The molecule has 0 saturated carbocycles. The van der Waals surface area contributed by atoms with Crippen molar-refractivity contribution in [2.45, 2.75) is 46.2 Å². The Hall–Kier alpha value is -3.50. The average Bonchev–Trinajstić information content (AvgIpc) is 3.20. The minimum absolute atomic E-state index is 0.0000515. The summed E-state index contributed by atoms with van der Waals surface area (Å²) in [5.74, 6) is 0.255. The molecule has 1 aliphatic rings. The molecule has 2 N–H and O–H groups in total. The zero-order chi connectivity index (χ0) is 25.4. The van der Waals surface area contributed by atoms with E-state index in [0.29, 0.717) is 22.7 Å². The highest BCUT2D eigenvalue weighted by molar-refractivity contribution is 5.83. The van der Waals surface area contributed by atoms with Crippen LogP contribution in [0.15, 0.2) is 30.5 Å². The Bertz CT molecular complexity index is 1420. The molecule has 10 heteroatoms. The summed E-state index contributed by atoms with van der Waals surface area (Å²) >= 11 is 0. The molecule has 8 nitrogen and oxygen atoms in total. The molecule has 0 radical (unpaired) electrons. The maximum atomic E-state index is 14.9. The highest BCUT2D eigenvalue weighted by Gasteiger charge is 2.20. The lowest BCUT2D eigenvalue weighted by atomic mass is 10.1. The van der Waals surface area contributed by atoms with Gasteiger partial charge in [-0.25, -0.2) is 28.7 Å². The molecule has 0 amide bonds. The van der Waals surface area contributed by atoms with Gasteiger partial charge in [0.05, 0.1) is 11.7 Å². The minimum atomic E-state index is -0.645. The van der Waals surface area contributed by atoms with Crippen molar-refractivity contribution in [1.29, 1.82) is 0 Å². The predicted octanol–water partition coefficient (Wildman–Crippen LogP) is 4.54. The first-order chi connectivity index (χ1) is 17.3. The number of aliphatic hydroxyl groups excluding tert-OH is 1. The van der Waals surface area contributed by atoms with Crippen LogP contribution >= 0.6 is 0 Å². The highest BCUT2D eigenvalue weighted by Crippen LogP contribution is 2.30. The Kier molecular flexibility index (Phi) is 6.63. The molecule has 3 aromatic heterocycles. The zero-order valence-corrected chi connectivity index (χ0v) is 20.6. The third-order valence-corrected chi connectivity index (χ3v) is 6.46. The topological polar surface area (TPSA) is 92.0 Å². The van der Waals surface area contributed by atoms with Crippen LogP contribution in [-0.2, 0) is 13.0 Å². The largest absolute Gasteiger partial charge is 0.396 e. The number of hydrogen-bond acceptors (Lipinski definition) is 7. The smallest absolute Gasteiger partial charge is 0.229 e. The maximum Gasteiger partial charge on any atom is 0.229 e. The number of aryl methyl sites for hydroxylation is 1. The van der Waals surface area contributed by atoms with Crippen LogP contribution < -0.4 is 5.32 Å². The fourth-order valence-electron chi connectivity index (χ4n) is 4.83. The van der Waals surface area contributed by atoms with Crippen molar-refractivity contribution in [3.63, 3.8) is 0 Å². The summed E-state index contributed by atoms with van der Waals surface area (Å²) in [6.45, 7) is 8.51. The molecular formula is C26H29F2N7O. The zero-order valence-electron chi connectivity index (χ0n) is 20.6. The number of nitrogens with one attached hydrogen (secondary N) is 1. The molecule has 0 unspecified atom stereocenters. The van der Waals surface area contributed by atoms with E-state index in [-0.39, 0.29) is 29.8 Å².